The molecule has 0 unspecified atom stereocenters. The van der Waals surface area contributed by atoms with Gasteiger partial charge in [0.25, 0.3) is 5.89 Å². The van der Waals surface area contributed by atoms with Crippen LogP contribution in [0.3, 0.4) is 0 Å². The molecule has 0 saturated heterocycles. The fraction of sp³-hybridized carbons (Fsp3) is 0.222. The molecule has 0 aliphatic heterocycles. The second-order valence-corrected chi connectivity index (χ2v) is 3.82. The summed E-state index contributed by atoms with van der Waals surface area (Å²) < 4.78 is 5.64. The van der Waals surface area contributed by atoms with Gasteiger partial charge in [0, 0.05) is 10.7 Å². The Morgan fingerprint density at radius 3 is 2.93 bits per heavy atom. The molecule has 0 spiro atoms. The Labute approximate surface area is 94.3 Å². The summed E-state index contributed by atoms with van der Waals surface area (Å²) in [6.07, 6.45) is 0.868. The minimum atomic E-state index is -0.770. The van der Waals surface area contributed by atoms with Crippen LogP contribution in [0.1, 0.15) is 18.9 Å². The van der Waals surface area contributed by atoms with Crippen LogP contribution in [0.2, 0.25) is 0 Å². The molecule has 1 atom stereocenters. The zero-order valence-corrected chi connectivity index (χ0v) is 9.47. The highest BCUT2D eigenvalue weighted by atomic mass is 79.9. The van der Waals surface area contributed by atoms with Crippen molar-refractivity contribution in [2.75, 3.05) is 0 Å². The monoisotopic (exact) mass is 269 g/mol. The molecule has 0 fully saturated rings. The van der Waals surface area contributed by atoms with Crippen LogP contribution in [0.4, 0.5) is 0 Å². The van der Waals surface area contributed by atoms with E-state index in [1.54, 1.807) is 19.2 Å². The highest BCUT2D eigenvalue weighted by Gasteiger charge is 2.15. The highest BCUT2D eigenvalue weighted by molar-refractivity contribution is 9.10. The fourth-order valence-electron chi connectivity index (χ4n) is 1.05. The molecule has 2 aromatic heterocycles. The average Bonchev–Trinajstić information content (AvgIpc) is 2.67. The van der Waals surface area contributed by atoms with Crippen molar-refractivity contribution < 1.29 is 9.63 Å². The number of hydrogen-bond acceptors (Lipinski definition) is 5. The van der Waals surface area contributed by atoms with Gasteiger partial charge >= 0.3 is 0 Å². The third-order valence-electron chi connectivity index (χ3n) is 1.77. The van der Waals surface area contributed by atoms with Crippen LogP contribution >= 0.6 is 15.9 Å². The van der Waals surface area contributed by atoms with Gasteiger partial charge in [-0.05, 0) is 35.0 Å². The van der Waals surface area contributed by atoms with Crippen molar-refractivity contribution in [2.24, 2.45) is 0 Å². The molecule has 2 rings (SSSR count). The Hall–Kier alpha value is -1.27. The molecule has 0 aliphatic rings. The summed E-state index contributed by atoms with van der Waals surface area (Å²) in [5.74, 6) is 0.543. The fourth-order valence-corrected chi connectivity index (χ4v) is 1.48. The number of aliphatic hydroxyl groups excluding tert-OH is 1. The second kappa shape index (κ2) is 4.08. The number of rotatable bonds is 2. The molecule has 0 radical (unpaired) electrons. The lowest BCUT2D eigenvalue weighted by Gasteiger charge is -1.95. The third-order valence-corrected chi connectivity index (χ3v) is 2.41. The summed E-state index contributed by atoms with van der Waals surface area (Å²) >= 11 is 3.33. The molecular formula is C9H8BrN3O2. The zero-order valence-electron chi connectivity index (χ0n) is 7.88. The van der Waals surface area contributed by atoms with Crippen molar-refractivity contribution in [3.05, 3.63) is 28.7 Å². The summed E-state index contributed by atoms with van der Waals surface area (Å²) in [6.45, 7) is 1.56. The molecule has 0 amide bonds. The smallest absolute Gasteiger partial charge is 0.255 e. The molecule has 2 heterocycles. The molecule has 0 saturated carbocycles. The number of halogens is 1. The predicted molar refractivity (Wildman–Crippen MR) is 55.9 cm³/mol. The molecule has 5 nitrogen and oxygen atoms in total. The van der Waals surface area contributed by atoms with Gasteiger partial charge in [-0.3, -0.25) is 4.98 Å². The Morgan fingerprint density at radius 2 is 2.33 bits per heavy atom. The molecule has 2 aromatic rings. The van der Waals surface area contributed by atoms with Gasteiger partial charge in [-0.1, -0.05) is 5.16 Å². The van der Waals surface area contributed by atoms with Gasteiger partial charge < -0.3 is 9.63 Å². The van der Waals surface area contributed by atoms with Gasteiger partial charge in [-0.25, -0.2) is 0 Å². The average molecular weight is 270 g/mol. The van der Waals surface area contributed by atoms with Crippen LogP contribution in [0, 0.1) is 0 Å². The van der Waals surface area contributed by atoms with E-state index in [4.69, 9.17) is 4.52 Å². The zero-order chi connectivity index (χ0) is 10.8. The Balaban J connectivity index is 2.42. The quantitative estimate of drug-likeness (QED) is 0.902. The minimum absolute atomic E-state index is 0.183. The lowest BCUT2D eigenvalue weighted by atomic mass is 10.3. The first-order valence-corrected chi connectivity index (χ1v) is 5.10. The van der Waals surface area contributed by atoms with Crippen molar-refractivity contribution in [3.8, 4) is 11.5 Å². The summed E-state index contributed by atoms with van der Waals surface area (Å²) in [4.78, 5) is 8.13. The Bertz CT molecular complexity index is 470. The van der Waals surface area contributed by atoms with Crippen molar-refractivity contribution in [2.45, 2.75) is 13.0 Å². The SMILES string of the molecule is C[C@H](O)c1nc(-c2ncccc2Br)no1. The summed E-state index contributed by atoms with van der Waals surface area (Å²) in [7, 11) is 0. The van der Waals surface area contributed by atoms with Gasteiger partial charge in [0.05, 0.1) is 0 Å². The van der Waals surface area contributed by atoms with Gasteiger partial charge in [0.2, 0.25) is 5.82 Å². The van der Waals surface area contributed by atoms with E-state index in [-0.39, 0.29) is 5.89 Å². The van der Waals surface area contributed by atoms with Gasteiger partial charge in [-0.15, -0.1) is 0 Å². The first-order chi connectivity index (χ1) is 7.18. The van der Waals surface area contributed by atoms with E-state index >= 15 is 0 Å². The van der Waals surface area contributed by atoms with Crippen molar-refractivity contribution in [1.82, 2.24) is 15.1 Å². The summed E-state index contributed by atoms with van der Waals surface area (Å²) in [5.41, 5.74) is 0.591. The molecule has 0 aliphatic carbocycles. The number of hydrogen-bond donors (Lipinski definition) is 1. The lowest BCUT2D eigenvalue weighted by Crippen LogP contribution is -1.91. The maximum Gasteiger partial charge on any atom is 0.255 e. The van der Waals surface area contributed by atoms with E-state index in [0.29, 0.717) is 11.5 Å². The number of pyridine rings is 1. The van der Waals surface area contributed by atoms with Crippen LogP contribution in [-0.4, -0.2) is 20.2 Å². The van der Waals surface area contributed by atoms with Crippen molar-refractivity contribution in [3.63, 3.8) is 0 Å². The lowest BCUT2D eigenvalue weighted by molar-refractivity contribution is 0.152. The van der Waals surface area contributed by atoms with E-state index in [0.717, 1.165) is 4.47 Å². The molecule has 15 heavy (non-hydrogen) atoms. The van der Waals surface area contributed by atoms with Crippen LogP contribution < -0.4 is 0 Å². The first-order valence-electron chi connectivity index (χ1n) is 4.31. The Kier molecular flexibility index (Phi) is 2.79. The topological polar surface area (TPSA) is 72.0 Å². The molecule has 0 aromatic carbocycles. The van der Waals surface area contributed by atoms with E-state index in [1.807, 2.05) is 6.07 Å². The summed E-state index contributed by atoms with van der Waals surface area (Å²) in [5, 5.41) is 13.0. The van der Waals surface area contributed by atoms with Gasteiger partial charge in [0.1, 0.15) is 11.8 Å². The van der Waals surface area contributed by atoms with Crippen LogP contribution in [0.5, 0.6) is 0 Å². The van der Waals surface area contributed by atoms with Gasteiger partial charge in [0.15, 0.2) is 0 Å². The van der Waals surface area contributed by atoms with E-state index in [9.17, 15) is 5.11 Å². The van der Waals surface area contributed by atoms with Crippen LogP contribution in [0.25, 0.3) is 11.5 Å². The molecule has 78 valence electrons. The largest absolute Gasteiger partial charge is 0.384 e. The minimum Gasteiger partial charge on any atom is -0.384 e. The normalized spacial score (nSPS) is 12.7. The standard InChI is InChI=1S/C9H8BrN3O2/c1-5(14)9-12-8(13-15-9)7-6(10)3-2-4-11-7/h2-5,14H,1H3/t5-/m0/s1. The number of aromatic nitrogens is 3. The maximum absolute atomic E-state index is 9.22. The number of nitrogens with zero attached hydrogens (tertiary/aromatic N) is 3. The van der Waals surface area contributed by atoms with Crippen molar-refractivity contribution >= 4 is 15.9 Å². The Morgan fingerprint density at radius 1 is 1.53 bits per heavy atom. The van der Waals surface area contributed by atoms with Crippen LogP contribution in [-0.2, 0) is 0 Å². The van der Waals surface area contributed by atoms with E-state index < -0.39 is 6.10 Å². The van der Waals surface area contributed by atoms with E-state index in [2.05, 4.69) is 31.1 Å². The second-order valence-electron chi connectivity index (χ2n) is 2.97. The molecule has 0 bridgehead atoms. The number of aliphatic hydroxyl groups is 1. The highest BCUT2D eigenvalue weighted by Crippen LogP contribution is 2.23. The third kappa shape index (κ3) is 2.05. The molecule has 1 N–H and O–H groups in total. The molecular weight excluding hydrogens is 262 g/mol. The molecule has 6 heteroatoms. The predicted octanol–water partition coefficient (Wildman–Crippen LogP) is 1.95. The van der Waals surface area contributed by atoms with E-state index in [1.165, 1.54) is 0 Å². The van der Waals surface area contributed by atoms with Crippen LogP contribution in [0.15, 0.2) is 27.3 Å². The maximum atomic E-state index is 9.22. The van der Waals surface area contributed by atoms with Gasteiger partial charge in [-0.2, -0.15) is 4.98 Å². The first kappa shape index (κ1) is 10.3. The van der Waals surface area contributed by atoms with Crippen molar-refractivity contribution in [1.29, 1.82) is 0 Å². The summed E-state index contributed by atoms with van der Waals surface area (Å²) in [6, 6.07) is 3.63.